The van der Waals surface area contributed by atoms with E-state index < -0.39 is 10.8 Å². The van der Waals surface area contributed by atoms with E-state index in [1.54, 1.807) is 4.90 Å². The second-order valence-electron chi connectivity index (χ2n) is 8.47. The van der Waals surface area contributed by atoms with E-state index in [4.69, 9.17) is 17.3 Å². The van der Waals surface area contributed by atoms with E-state index in [2.05, 4.69) is 24.8 Å². The largest absolute Gasteiger partial charge is 0.384 e. The van der Waals surface area contributed by atoms with Crippen LogP contribution in [0.25, 0.3) is 0 Å². The zero-order valence-electron chi connectivity index (χ0n) is 19.6. The van der Waals surface area contributed by atoms with Crippen molar-refractivity contribution in [2.75, 3.05) is 22.9 Å². The van der Waals surface area contributed by atoms with Crippen molar-refractivity contribution in [2.24, 2.45) is 5.73 Å². The van der Waals surface area contributed by atoms with Crippen LogP contribution in [-0.2, 0) is 4.79 Å². The number of nitrogens with two attached hydrogens (primary N) is 1. The number of hydrogen-bond acceptors (Lipinski definition) is 7. The molecule has 0 saturated heterocycles. The van der Waals surface area contributed by atoms with Crippen LogP contribution in [0.1, 0.15) is 44.6 Å². The fourth-order valence-electron chi connectivity index (χ4n) is 4.95. The van der Waals surface area contributed by atoms with Crippen molar-refractivity contribution in [1.82, 2.24) is 0 Å². The Morgan fingerprint density at radius 1 is 1.20 bits per heavy atom. The minimum absolute atomic E-state index is 0.0349. The fourth-order valence-corrected chi connectivity index (χ4v) is 5.21. The van der Waals surface area contributed by atoms with E-state index in [-0.39, 0.29) is 27.9 Å². The van der Waals surface area contributed by atoms with Gasteiger partial charge in [-0.15, -0.1) is 0 Å². The topological polar surface area (TPSA) is 116 Å². The van der Waals surface area contributed by atoms with Crippen LogP contribution in [-0.4, -0.2) is 23.8 Å². The number of nitro groups is 1. The summed E-state index contributed by atoms with van der Waals surface area (Å²) in [6, 6.07) is 14.2. The Morgan fingerprint density at radius 2 is 1.89 bits per heavy atom. The Balaban J connectivity index is 1.88. The lowest BCUT2D eigenvalue weighted by atomic mass is 9.75. The molecule has 0 bridgehead atoms. The zero-order valence-corrected chi connectivity index (χ0v) is 20.4. The molecule has 0 amide bonds. The molecule has 1 heterocycles. The van der Waals surface area contributed by atoms with Gasteiger partial charge < -0.3 is 10.6 Å². The smallest absolute Gasteiger partial charge is 0.271 e. The minimum Gasteiger partial charge on any atom is -0.384 e. The third-order valence-electron chi connectivity index (χ3n) is 6.65. The highest BCUT2D eigenvalue weighted by Gasteiger charge is 2.40. The molecule has 4 rings (SSSR count). The van der Waals surface area contributed by atoms with Crippen molar-refractivity contribution in [3.05, 3.63) is 85.8 Å². The SMILES string of the molecule is CCN(CC)c1ccc([C@H]2C(C#N)=C(N)N(c3ccc([N+](=O)[O-])cc3Cl)C3=C2C(=O)CCC3)cc1. The maximum absolute atomic E-state index is 13.3. The number of Topliss-reactive ketones (excluding diaryl/α,β-unsaturated/α-hetero) is 1. The van der Waals surface area contributed by atoms with Gasteiger partial charge in [0.15, 0.2) is 5.78 Å². The van der Waals surface area contributed by atoms with Crippen LogP contribution >= 0.6 is 11.6 Å². The zero-order chi connectivity index (χ0) is 25.3. The number of nitriles is 1. The van der Waals surface area contributed by atoms with Crippen molar-refractivity contribution >= 4 is 34.4 Å². The first-order valence-electron chi connectivity index (χ1n) is 11.6. The summed E-state index contributed by atoms with van der Waals surface area (Å²) in [7, 11) is 0. The predicted octanol–water partition coefficient (Wildman–Crippen LogP) is 5.40. The van der Waals surface area contributed by atoms with Crippen molar-refractivity contribution in [3.63, 3.8) is 0 Å². The Labute approximate surface area is 209 Å². The lowest BCUT2D eigenvalue weighted by Crippen LogP contribution is -2.38. The maximum atomic E-state index is 13.3. The first-order chi connectivity index (χ1) is 16.8. The van der Waals surface area contributed by atoms with Gasteiger partial charge in [-0.25, -0.2) is 0 Å². The molecule has 0 spiro atoms. The molecule has 2 aromatic rings. The number of halogens is 1. The molecule has 0 unspecified atom stereocenters. The van der Waals surface area contributed by atoms with Crippen LogP contribution in [0.15, 0.2) is 65.1 Å². The van der Waals surface area contributed by atoms with E-state index in [0.29, 0.717) is 36.2 Å². The van der Waals surface area contributed by atoms with Gasteiger partial charge in [0.1, 0.15) is 5.82 Å². The van der Waals surface area contributed by atoms with E-state index >= 15 is 0 Å². The molecule has 0 fully saturated rings. The normalized spacial score (nSPS) is 17.8. The maximum Gasteiger partial charge on any atom is 0.271 e. The molecular formula is C26H26ClN5O3. The highest BCUT2D eigenvalue weighted by Crippen LogP contribution is 2.47. The third-order valence-corrected chi connectivity index (χ3v) is 6.95. The number of benzene rings is 2. The molecule has 8 nitrogen and oxygen atoms in total. The number of nitrogens with zero attached hydrogens (tertiary/aromatic N) is 4. The summed E-state index contributed by atoms with van der Waals surface area (Å²) < 4.78 is 0. The summed E-state index contributed by atoms with van der Waals surface area (Å²) in [6.07, 6.45) is 1.59. The number of nitro benzene ring substituents is 1. The number of allylic oxidation sites excluding steroid dienone is 3. The van der Waals surface area contributed by atoms with Crippen LogP contribution in [0.3, 0.4) is 0 Å². The van der Waals surface area contributed by atoms with Crippen LogP contribution in [0.5, 0.6) is 0 Å². The molecular weight excluding hydrogens is 466 g/mol. The van der Waals surface area contributed by atoms with Gasteiger partial charge in [0.2, 0.25) is 0 Å². The van der Waals surface area contributed by atoms with Gasteiger partial charge >= 0.3 is 0 Å². The summed E-state index contributed by atoms with van der Waals surface area (Å²) in [6.45, 7) is 5.92. The van der Waals surface area contributed by atoms with Crippen molar-refractivity contribution < 1.29 is 9.72 Å². The molecule has 0 radical (unpaired) electrons. The number of non-ortho nitro benzene ring substituents is 1. The Morgan fingerprint density at radius 3 is 2.46 bits per heavy atom. The average Bonchev–Trinajstić information content (AvgIpc) is 2.85. The minimum atomic E-state index is -0.582. The van der Waals surface area contributed by atoms with E-state index in [0.717, 1.165) is 24.3 Å². The molecule has 35 heavy (non-hydrogen) atoms. The van der Waals surface area contributed by atoms with Crippen molar-refractivity contribution in [3.8, 4) is 6.07 Å². The molecule has 1 aliphatic carbocycles. The highest BCUT2D eigenvalue weighted by molar-refractivity contribution is 6.33. The van der Waals surface area contributed by atoms with Crippen LogP contribution in [0.2, 0.25) is 5.02 Å². The van der Waals surface area contributed by atoms with Crippen molar-refractivity contribution in [1.29, 1.82) is 5.26 Å². The van der Waals surface area contributed by atoms with E-state index in [1.165, 1.54) is 18.2 Å². The summed E-state index contributed by atoms with van der Waals surface area (Å²) in [5.41, 5.74) is 10.2. The van der Waals surface area contributed by atoms with Gasteiger partial charge in [-0.2, -0.15) is 5.26 Å². The van der Waals surface area contributed by atoms with Crippen LogP contribution in [0.4, 0.5) is 17.1 Å². The quantitative estimate of drug-likeness (QED) is 0.424. The molecule has 0 aromatic heterocycles. The van der Waals surface area contributed by atoms with Gasteiger partial charge in [0, 0.05) is 48.6 Å². The van der Waals surface area contributed by atoms with Gasteiger partial charge in [-0.3, -0.25) is 19.8 Å². The Hall–Kier alpha value is -3.83. The number of anilines is 2. The lowest BCUT2D eigenvalue weighted by Gasteiger charge is -2.40. The standard InChI is InChI=1S/C26H26ClN5O3/c1-3-30(4-2)17-10-8-16(9-11-17)24-19(15-28)26(29)31(22-6-5-7-23(33)25(22)24)21-13-12-18(32(34)35)14-20(21)27/h8-14,24H,3-7,29H2,1-2H3/t24-/m0/s1. The number of carbonyl (C=O) groups excluding carboxylic acids is 1. The van der Waals surface area contributed by atoms with E-state index in [9.17, 15) is 20.2 Å². The molecule has 2 aliphatic rings. The lowest BCUT2D eigenvalue weighted by molar-refractivity contribution is -0.384. The summed E-state index contributed by atoms with van der Waals surface area (Å²) >= 11 is 6.44. The Bertz CT molecular complexity index is 1290. The average molecular weight is 492 g/mol. The van der Waals surface area contributed by atoms with Crippen LogP contribution < -0.4 is 15.5 Å². The fraction of sp³-hybridized carbons (Fsp3) is 0.308. The number of hydrogen-bond donors (Lipinski definition) is 1. The molecule has 0 saturated carbocycles. The van der Waals surface area contributed by atoms with Crippen molar-refractivity contribution in [2.45, 2.75) is 39.0 Å². The van der Waals surface area contributed by atoms with Gasteiger partial charge in [-0.05, 0) is 50.5 Å². The number of rotatable bonds is 6. The number of carbonyl (C=O) groups is 1. The molecule has 1 atom stereocenters. The second-order valence-corrected chi connectivity index (χ2v) is 8.88. The molecule has 180 valence electrons. The van der Waals surface area contributed by atoms with Gasteiger partial charge in [0.05, 0.1) is 33.2 Å². The predicted molar refractivity (Wildman–Crippen MR) is 136 cm³/mol. The Kier molecular flexibility index (Phi) is 6.81. The van der Waals surface area contributed by atoms with Gasteiger partial charge in [-0.1, -0.05) is 23.7 Å². The first kappa shape index (κ1) is 24.3. The summed E-state index contributed by atoms with van der Waals surface area (Å²) in [5, 5.41) is 21.5. The molecule has 2 N–H and O–H groups in total. The molecule has 9 heteroatoms. The first-order valence-corrected chi connectivity index (χ1v) is 11.9. The molecule has 2 aromatic carbocycles. The summed E-state index contributed by atoms with van der Waals surface area (Å²) in [5.74, 6) is -0.441. The number of ketones is 1. The third kappa shape index (κ3) is 4.24. The summed E-state index contributed by atoms with van der Waals surface area (Å²) in [4.78, 5) is 27.8. The monoisotopic (exact) mass is 491 g/mol. The van der Waals surface area contributed by atoms with Gasteiger partial charge in [0.25, 0.3) is 5.69 Å². The van der Waals surface area contributed by atoms with E-state index in [1.807, 2.05) is 24.3 Å². The molecule has 1 aliphatic heterocycles. The second kappa shape index (κ2) is 9.80. The van der Waals surface area contributed by atoms with Crippen LogP contribution in [0, 0.1) is 21.4 Å². The highest BCUT2D eigenvalue weighted by atomic mass is 35.5.